The summed E-state index contributed by atoms with van der Waals surface area (Å²) < 4.78 is 13.6. The van der Waals surface area contributed by atoms with Crippen LogP contribution in [-0.2, 0) is 6.54 Å². The number of nitriles is 1. The molecule has 0 unspecified atom stereocenters. The van der Waals surface area contributed by atoms with E-state index in [1.165, 1.54) is 6.07 Å². The normalized spacial score (nSPS) is 14.1. The summed E-state index contributed by atoms with van der Waals surface area (Å²) in [6.45, 7) is 2.82. The van der Waals surface area contributed by atoms with Crippen molar-refractivity contribution in [3.8, 4) is 6.07 Å². The van der Waals surface area contributed by atoms with E-state index in [2.05, 4.69) is 16.3 Å². The Balaban J connectivity index is 1.50. The second-order valence-corrected chi connectivity index (χ2v) is 5.88. The first-order valence-corrected chi connectivity index (χ1v) is 8.18. The first-order valence-electron chi connectivity index (χ1n) is 8.18. The number of nitrogens with zero attached hydrogens (tertiary/aromatic N) is 3. The van der Waals surface area contributed by atoms with Gasteiger partial charge in [-0.15, -0.1) is 0 Å². The van der Waals surface area contributed by atoms with Crippen LogP contribution in [0.25, 0.3) is 0 Å². The molecule has 1 aliphatic rings. The van der Waals surface area contributed by atoms with Crippen molar-refractivity contribution in [1.82, 2.24) is 10.2 Å². The van der Waals surface area contributed by atoms with Crippen molar-refractivity contribution in [2.75, 3.05) is 31.1 Å². The molecule has 1 fully saturated rings. The fourth-order valence-electron chi connectivity index (χ4n) is 2.84. The molecule has 0 saturated carbocycles. The number of amides is 2. The minimum absolute atomic E-state index is 0.178. The molecule has 0 aromatic heterocycles. The minimum Gasteiger partial charge on any atom is -0.368 e. The van der Waals surface area contributed by atoms with E-state index in [9.17, 15) is 9.18 Å². The smallest absolute Gasteiger partial charge is 0.317 e. The highest BCUT2D eigenvalue weighted by Gasteiger charge is 2.21. The monoisotopic (exact) mass is 338 g/mol. The largest absolute Gasteiger partial charge is 0.368 e. The van der Waals surface area contributed by atoms with Crippen molar-refractivity contribution in [3.05, 3.63) is 65.5 Å². The number of nitrogens with one attached hydrogen (secondary N) is 1. The standard InChI is InChI=1S/C19H19FN4O/c20-18-4-2-1-3-16(18)14-22-19(25)24-11-9-23(10-12-24)17-7-5-15(13-21)6-8-17/h1-8H,9-12,14H2,(H,22,25). The zero-order valence-corrected chi connectivity index (χ0v) is 13.8. The molecule has 0 atom stereocenters. The predicted octanol–water partition coefficient (Wildman–Crippen LogP) is 2.73. The van der Waals surface area contributed by atoms with Gasteiger partial charge in [0.2, 0.25) is 0 Å². The maximum absolute atomic E-state index is 13.6. The van der Waals surface area contributed by atoms with Gasteiger partial charge in [0, 0.05) is 44.0 Å². The average molecular weight is 338 g/mol. The Labute approximate surface area is 146 Å². The number of rotatable bonds is 3. The number of halogens is 1. The fourth-order valence-corrected chi connectivity index (χ4v) is 2.84. The average Bonchev–Trinajstić information content (AvgIpc) is 2.67. The number of anilines is 1. The van der Waals surface area contributed by atoms with Crippen molar-refractivity contribution < 1.29 is 9.18 Å². The van der Waals surface area contributed by atoms with E-state index in [0.29, 0.717) is 24.2 Å². The number of piperazine rings is 1. The molecular formula is C19H19FN4O. The van der Waals surface area contributed by atoms with Crippen molar-refractivity contribution in [1.29, 1.82) is 5.26 Å². The van der Waals surface area contributed by atoms with E-state index in [4.69, 9.17) is 5.26 Å². The van der Waals surface area contributed by atoms with Crippen LogP contribution in [0.5, 0.6) is 0 Å². The van der Waals surface area contributed by atoms with E-state index < -0.39 is 0 Å². The Morgan fingerprint density at radius 2 is 1.76 bits per heavy atom. The number of urea groups is 1. The van der Waals surface area contributed by atoms with Crippen LogP contribution in [0.2, 0.25) is 0 Å². The van der Waals surface area contributed by atoms with Crippen LogP contribution in [0.4, 0.5) is 14.9 Å². The topological polar surface area (TPSA) is 59.4 Å². The highest BCUT2D eigenvalue weighted by Crippen LogP contribution is 2.17. The molecule has 0 aliphatic carbocycles. The van der Waals surface area contributed by atoms with Crippen LogP contribution < -0.4 is 10.2 Å². The summed E-state index contributed by atoms with van der Waals surface area (Å²) in [4.78, 5) is 16.2. The van der Waals surface area contributed by atoms with Gasteiger partial charge in [-0.25, -0.2) is 9.18 Å². The molecule has 2 aromatic carbocycles. The van der Waals surface area contributed by atoms with Crippen LogP contribution in [-0.4, -0.2) is 37.1 Å². The van der Waals surface area contributed by atoms with Crippen LogP contribution >= 0.6 is 0 Å². The van der Waals surface area contributed by atoms with Crippen molar-refractivity contribution in [2.45, 2.75) is 6.54 Å². The molecule has 1 aliphatic heterocycles. The third kappa shape index (κ3) is 4.07. The van der Waals surface area contributed by atoms with Gasteiger partial charge in [-0.3, -0.25) is 0 Å². The highest BCUT2D eigenvalue weighted by molar-refractivity contribution is 5.74. The lowest BCUT2D eigenvalue weighted by Crippen LogP contribution is -2.51. The van der Waals surface area contributed by atoms with E-state index in [1.54, 1.807) is 35.2 Å². The second-order valence-electron chi connectivity index (χ2n) is 5.88. The Morgan fingerprint density at radius 1 is 1.08 bits per heavy atom. The number of hydrogen-bond donors (Lipinski definition) is 1. The van der Waals surface area contributed by atoms with Crippen molar-refractivity contribution in [3.63, 3.8) is 0 Å². The predicted molar refractivity (Wildman–Crippen MR) is 93.6 cm³/mol. The van der Waals surface area contributed by atoms with E-state index >= 15 is 0 Å². The lowest BCUT2D eigenvalue weighted by molar-refractivity contribution is 0.194. The molecule has 1 saturated heterocycles. The molecule has 0 radical (unpaired) electrons. The van der Waals surface area contributed by atoms with Gasteiger partial charge in [0.05, 0.1) is 11.6 Å². The van der Waals surface area contributed by atoms with Gasteiger partial charge in [-0.05, 0) is 30.3 Å². The van der Waals surface area contributed by atoms with Crippen LogP contribution in [0.15, 0.2) is 48.5 Å². The number of carbonyl (C=O) groups excluding carboxylic acids is 1. The summed E-state index contributed by atoms with van der Waals surface area (Å²) in [5.74, 6) is -0.312. The van der Waals surface area contributed by atoms with Gasteiger partial charge < -0.3 is 15.1 Å². The molecule has 128 valence electrons. The molecular weight excluding hydrogens is 319 g/mol. The van der Waals surface area contributed by atoms with Crippen molar-refractivity contribution in [2.24, 2.45) is 0 Å². The van der Waals surface area contributed by atoms with Gasteiger partial charge in [0.25, 0.3) is 0 Å². The van der Waals surface area contributed by atoms with Gasteiger partial charge in [-0.2, -0.15) is 5.26 Å². The zero-order chi connectivity index (χ0) is 17.6. The molecule has 3 rings (SSSR count). The van der Waals surface area contributed by atoms with Crippen LogP contribution in [0, 0.1) is 17.1 Å². The summed E-state index contributed by atoms with van der Waals surface area (Å²) in [5.41, 5.74) is 2.16. The first kappa shape index (κ1) is 16.8. The third-order valence-corrected chi connectivity index (χ3v) is 4.32. The van der Waals surface area contributed by atoms with E-state index in [0.717, 1.165) is 18.8 Å². The number of benzene rings is 2. The summed E-state index contributed by atoms with van der Waals surface area (Å²) >= 11 is 0. The van der Waals surface area contributed by atoms with Crippen LogP contribution in [0.1, 0.15) is 11.1 Å². The molecule has 1 N–H and O–H groups in total. The Hall–Kier alpha value is -3.07. The van der Waals surface area contributed by atoms with Gasteiger partial charge in [0.15, 0.2) is 0 Å². The maximum atomic E-state index is 13.6. The summed E-state index contributed by atoms with van der Waals surface area (Å²) in [6, 6.07) is 15.8. The Kier molecular flexibility index (Phi) is 5.14. The van der Waals surface area contributed by atoms with E-state index in [-0.39, 0.29) is 18.4 Å². The van der Waals surface area contributed by atoms with Gasteiger partial charge in [0.1, 0.15) is 5.82 Å². The Morgan fingerprint density at radius 3 is 2.40 bits per heavy atom. The fraction of sp³-hybridized carbons (Fsp3) is 0.263. The summed E-state index contributed by atoms with van der Waals surface area (Å²) in [5, 5.41) is 11.6. The maximum Gasteiger partial charge on any atom is 0.317 e. The summed E-state index contributed by atoms with van der Waals surface area (Å²) in [7, 11) is 0. The molecule has 2 amide bonds. The molecule has 0 bridgehead atoms. The molecule has 5 nitrogen and oxygen atoms in total. The van der Waals surface area contributed by atoms with Gasteiger partial charge in [-0.1, -0.05) is 18.2 Å². The lowest BCUT2D eigenvalue weighted by atomic mass is 10.2. The zero-order valence-electron chi connectivity index (χ0n) is 13.8. The Bertz CT molecular complexity index is 777. The van der Waals surface area contributed by atoms with E-state index in [1.807, 2.05) is 12.1 Å². The molecule has 2 aromatic rings. The second kappa shape index (κ2) is 7.67. The first-order chi connectivity index (χ1) is 12.2. The SMILES string of the molecule is N#Cc1ccc(N2CCN(C(=O)NCc3ccccc3F)CC2)cc1. The van der Waals surface area contributed by atoms with Gasteiger partial charge >= 0.3 is 6.03 Å². The van der Waals surface area contributed by atoms with Crippen molar-refractivity contribution >= 4 is 11.7 Å². The highest BCUT2D eigenvalue weighted by atomic mass is 19.1. The third-order valence-electron chi connectivity index (χ3n) is 4.32. The number of carbonyl (C=O) groups is 1. The minimum atomic E-state index is -0.312. The molecule has 1 heterocycles. The quantitative estimate of drug-likeness (QED) is 0.936. The molecule has 6 heteroatoms. The lowest BCUT2D eigenvalue weighted by Gasteiger charge is -2.36. The molecule has 0 spiro atoms. The summed E-state index contributed by atoms with van der Waals surface area (Å²) in [6.07, 6.45) is 0. The molecule has 25 heavy (non-hydrogen) atoms. The number of hydrogen-bond acceptors (Lipinski definition) is 3. The van der Waals surface area contributed by atoms with Crippen LogP contribution in [0.3, 0.4) is 0 Å².